The minimum atomic E-state index is -0.120. The zero-order valence-electron chi connectivity index (χ0n) is 10.6. The Balaban J connectivity index is 1.68. The van der Waals surface area contributed by atoms with E-state index in [1.807, 2.05) is 5.38 Å². The molecule has 4 aromatic rings. The Kier molecular flexibility index (Phi) is 2.68. The molecule has 0 aliphatic heterocycles. The van der Waals surface area contributed by atoms with Crippen molar-refractivity contribution in [3.63, 3.8) is 0 Å². The molecule has 104 valence electrons. The lowest BCUT2D eigenvalue weighted by Gasteiger charge is -2.00. The molecule has 21 heavy (non-hydrogen) atoms. The molecule has 0 bridgehead atoms. The van der Waals surface area contributed by atoms with Gasteiger partial charge in [-0.25, -0.2) is 4.98 Å². The van der Waals surface area contributed by atoms with Crippen LogP contribution in [-0.4, -0.2) is 19.7 Å². The molecular weight excluding hydrogens is 292 g/mol. The molecule has 0 atom stereocenters. The van der Waals surface area contributed by atoms with Crippen molar-refractivity contribution in [2.24, 2.45) is 0 Å². The second kappa shape index (κ2) is 4.67. The zero-order valence-corrected chi connectivity index (χ0v) is 11.4. The summed E-state index contributed by atoms with van der Waals surface area (Å²) in [6, 6.07) is 5.22. The minimum Gasteiger partial charge on any atom is -0.459 e. The third-order valence-corrected chi connectivity index (χ3v) is 3.78. The predicted octanol–water partition coefficient (Wildman–Crippen LogP) is 2.15. The summed E-state index contributed by atoms with van der Waals surface area (Å²) >= 11 is 1.43. The van der Waals surface area contributed by atoms with Crippen molar-refractivity contribution >= 4 is 21.6 Å². The molecule has 0 unspecified atom stereocenters. The summed E-state index contributed by atoms with van der Waals surface area (Å²) in [6.07, 6.45) is 3.02. The Morgan fingerprint density at radius 2 is 2.29 bits per heavy atom. The lowest BCUT2D eigenvalue weighted by molar-refractivity contribution is 0.407. The molecule has 7 nitrogen and oxygen atoms in total. The number of rotatable bonds is 3. The monoisotopic (exact) mass is 300 g/mol. The Bertz CT molecular complexity index is 951. The molecule has 0 saturated carbocycles. The van der Waals surface area contributed by atoms with Crippen LogP contribution < -0.4 is 5.56 Å². The van der Waals surface area contributed by atoms with E-state index in [0.717, 1.165) is 4.83 Å². The summed E-state index contributed by atoms with van der Waals surface area (Å²) in [6.45, 7) is 0.196. The number of aromatic nitrogens is 4. The molecule has 0 aliphatic rings. The third-order valence-electron chi connectivity index (χ3n) is 2.96. The molecule has 0 saturated heterocycles. The molecule has 0 amide bonds. The first-order chi connectivity index (χ1) is 10.3. The van der Waals surface area contributed by atoms with E-state index in [1.165, 1.54) is 28.5 Å². The second-order valence-corrected chi connectivity index (χ2v) is 5.20. The Morgan fingerprint density at radius 3 is 3.14 bits per heavy atom. The molecule has 4 heterocycles. The van der Waals surface area contributed by atoms with Crippen molar-refractivity contribution in [2.75, 3.05) is 0 Å². The maximum absolute atomic E-state index is 12.3. The number of furan rings is 1. The van der Waals surface area contributed by atoms with Gasteiger partial charge < -0.3 is 8.94 Å². The Morgan fingerprint density at radius 1 is 1.33 bits per heavy atom. The van der Waals surface area contributed by atoms with Gasteiger partial charge in [-0.3, -0.25) is 9.36 Å². The van der Waals surface area contributed by atoms with Gasteiger partial charge in [0.15, 0.2) is 11.6 Å². The number of thiophene rings is 1. The van der Waals surface area contributed by atoms with Crippen LogP contribution in [0, 0.1) is 0 Å². The highest BCUT2D eigenvalue weighted by molar-refractivity contribution is 7.16. The van der Waals surface area contributed by atoms with Crippen molar-refractivity contribution < 1.29 is 8.94 Å². The summed E-state index contributed by atoms with van der Waals surface area (Å²) < 4.78 is 11.7. The largest absolute Gasteiger partial charge is 0.459 e. The van der Waals surface area contributed by atoms with Gasteiger partial charge in [0, 0.05) is 0 Å². The summed E-state index contributed by atoms with van der Waals surface area (Å²) in [7, 11) is 0. The average molecular weight is 300 g/mol. The molecular formula is C13H8N4O3S. The standard InChI is InChI=1S/C13H8N4O3S/c18-13-8-3-5-21-12(8)14-7-17(13)6-10-15-11(20-16-10)9-2-1-4-19-9/h1-5,7H,6H2. The highest BCUT2D eigenvalue weighted by Crippen LogP contribution is 2.17. The van der Waals surface area contributed by atoms with Crippen LogP contribution in [0.4, 0.5) is 0 Å². The predicted molar refractivity (Wildman–Crippen MR) is 75.0 cm³/mol. The van der Waals surface area contributed by atoms with E-state index in [-0.39, 0.29) is 18.0 Å². The topological polar surface area (TPSA) is 87.0 Å². The smallest absolute Gasteiger partial charge is 0.293 e. The van der Waals surface area contributed by atoms with Gasteiger partial charge in [0.1, 0.15) is 4.83 Å². The van der Waals surface area contributed by atoms with Crippen LogP contribution in [0.5, 0.6) is 0 Å². The second-order valence-electron chi connectivity index (χ2n) is 4.31. The number of fused-ring (bicyclic) bond motifs is 1. The molecule has 8 heteroatoms. The molecule has 0 radical (unpaired) electrons. The third kappa shape index (κ3) is 2.05. The summed E-state index contributed by atoms with van der Waals surface area (Å²) in [5.41, 5.74) is -0.120. The molecule has 0 N–H and O–H groups in total. The van der Waals surface area contributed by atoms with Crippen molar-refractivity contribution in [3.8, 4) is 11.7 Å². The van der Waals surface area contributed by atoms with E-state index in [4.69, 9.17) is 8.94 Å². The quantitative estimate of drug-likeness (QED) is 0.576. The molecule has 4 rings (SSSR count). The fourth-order valence-electron chi connectivity index (χ4n) is 1.98. The summed E-state index contributed by atoms with van der Waals surface area (Å²) in [4.78, 5) is 21.4. The van der Waals surface area contributed by atoms with Crippen molar-refractivity contribution in [2.45, 2.75) is 6.54 Å². The highest BCUT2D eigenvalue weighted by atomic mass is 32.1. The maximum atomic E-state index is 12.3. The Hall–Kier alpha value is -2.74. The molecule has 4 aromatic heterocycles. The van der Waals surface area contributed by atoms with Crippen molar-refractivity contribution in [1.82, 2.24) is 19.7 Å². The van der Waals surface area contributed by atoms with Gasteiger partial charge in [-0.1, -0.05) is 5.16 Å². The van der Waals surface area contributed by atoms with E-state index >= 15 is 0 Å². The summed E-state index contributed by atoms with van der Waals surface area (Å²) in [5, 5.41) is 6.28. The fraction of sp³-hybridized carbons (Fsp3) is 0.0769. The van der Waals surface area contributed by atoms with E-state index in [1.54, 1.807) is 18.2 Å². The van der Waals surface area contributed by atoms with Crippen LogP contribution in [-0.2, 0) is 6.54 Å². The number of hydrogen-bond donors (Lipinski definition) is 0. The molecule has 0 fully saturated rings. The van der Waals surface area contributed by atoms with E-state index in [2.05, 4.69) is 15.1 Å². The molecule has 0 spiro atoms. The maximum Gasteiger partial charge on any atom is 0.293 e. The van der Waals surface area contributed by atoms with Crippen LogP contribution in [0.25, 0.3) is 21.9 Å². The Labute approximate surface area is 121 Å². The van der Waals surface area contributed by atoms with Crippen molar-refractivity contribution in [3.05, 3.63) is 52.3 Å². The normalized spacial score (nSPS) is 11.2. The van der Waals surface area contributed by atoms with Gasteiger partial charge in [0.05, 0.1) is 24.5 Å². The van der Waals surface area contributed by atoms with Crippen LogP contribution in [0.15, 0.2) is 49.9 Å². The zero-order chi connectivity index (χ0) is 14.2. The van der Waals surface area contributed by atoms with Gasteiger partial charge in [0.2, 0.25) is 0 Å². The van der Waals surface area contributed by atoms with Gasteiger partial charge >= 0.3 is 0 Å². The van der Waals surface area contributed by atoms with E-state index in [9.17, 15) is 4.79 Å². The molecule has 0 aliphatic carbocycles. The molecule has 0 aromatic carbocycles. The SMILES string of the molecule is O=c1c2ccsc2ncn1Cc1noc(-c2ccco2)n1. The van der Waals surface area contributed by atoms with Crippen LogP contribution in [0.1, 0.15) is 5.82 Å². The number of nitrogens with zero attached hydrogens (tertiary/aromatic N) is 4. The van der Waals surface area contributed by atoms with Gasteiger partial charge in [-0.2, -0.15) is 4.98 Å². The van der Waals surface area contributed by atoms with Gasteiger partial charge in [-0.05, 0) is 23.6 Å². The van der Waals surface area contributed by atoms with E-state index in [0.29, 0.717) is 17.0 Å². The highest BCUT2D eigenvalue weighted by Gasteiger charge is 2.13. The van der Waals surface area contributed by atoms with Gasteiger partial charge in [0.25, 0.3) is 11.4 Å². The fourth-order valence-corrected chi connectivity index (χ4v) is 2.70. The minimum absolute atomic E-state index is 0.120. The van der Waals surface area contributed by atoms with E-state index < -0.39 is 0 Å². The lowest BCUT2D eigenvalue weighted by Crippen LogP contribution is -2.21. The lowest BCUT2D eigenvalue weighted by atomic mass is 10.4. The van der Waals surface area contributed by atoms with Crippen LogP contribution >= 0.6 is 11.3 Å². The number of hydrogen-bond acceptors (Lipinski definition) is 7. The average Bonchev–Trinajstić information content (AvgIpc) is 3.21. The first-order valence-electron chi connectivity index (χ1n) is 6.10. The summed E-state index contributed by atoms with van der Waals surface area (Å²) in [5.74, 6) is 1.17. The van der Waals surface area contributed by atoms with Crippen LogP contribution in [0.2, 0.25) is 0 Å². The van der Waals surface area contributed by atoms with Gasteiger partial charge in [-0.15, -0.1) is 11.3 Å². The first kappa shape index (κ1) is 12.0. The van der Waals surface area contributed by atoms with Crippen molar-refractivity contribution in [1.29, 1.82) is 0 Å². The first-order valence-corrected chi connectivity index (χ1v) is 6.98. The van der Waals surface area contributed by atoms with Crippen LogP contribution in [0.3, 0.4) is 0 Å².